The Balaban J connectivity index is 1.26. The summed E-state index contributed by atoms with van der Waals surface area (Å²) < 4.78 is 7.25. The molecule has 0 N–H and O–H groups in total. The predicted octanol–water partition coefficient (Wildman–Crippen LogP) is 5.29. The number of para-hydroxylation sites is 1. The van der Waals surface area contributed by atoms with Crippen molar-refractivity contribution in [1.29, 1.82) is 0 Å². The van der Waals surface area contributed by atoms with Gasteiger partial charge in [-0.25, -0.2) is 4.98 Å². The second-order valence-corrected chi connectivity index (χ2v) is 8.38. The number of rotatable bonds is 4. The highest BCUT2D eigenvalue weighted by molar-refractivity contribution is 7.18. The Morgan fingerprint density at radius 3 is 2.54 bits per heavy atom. The molecule has 0 bridgehead atoms. The number of nitrogens with zero attached hydrogens (tertiary/aromatic N) is 4. The summed E-state index contributed by atoms with van der Waals surface area (Å²) in [5.41, 5.74) is 2.08. The number of thiazole rings is 1. The van der Waals surface area contributed by atoms with E-state index in [-0.39, 0.29) is 6.04 Å². The van der Waals surface area contributed by atoms with Crippen molar-refractivity contribution in [3.8, 4) is 11.5 Å². The summed E-state index contributed by atoms with van der Waals surface area (Å²) in [5.74, 6) is 1.83. The van der Waals surface area contributed by atoms with Crippen LogP contribution in [-0.4, -0.2) is 33.2 Å². The number of likely N-dealkylation sites (tertiary alicyclic amines) is 1. The molecular formula is C22H22N4OS. The zero-order chi connectivity index (χ0) is 18.9. The Kier molecular flexibility index (Phi) is 4.66. The van der Waals surface area contributed by atoms with Crippen molar-refractivity contribution in [2.75, 3.05) is 13.1 Å². The summed E-state index contributed by atoms with van der Waals surface area (Å²) in [6.07, 6.45) is 2.23. The van der Waals surface area contributed by atoms with Gasteiger partial charge in [0.2, 0.25) is 11.8 Å². The van der Waals surface area contributed by atoms with Gasteiger partial charge >= 0.3 is 0 Å². The molecule has 3 heterocycles. The van der Waals surface area contributed by atoms with E-state index in [0.717, 1.165) is 37.0 Å². The molecule has 1 aliphatic rings. The number of aromatic nitrogens is 3. The van der Waals surface area contributed by atoms with Crippen molar-refractivity contribution < 1.29 is 4.42 Å². The van der Waals surface area contributed by atoms with Gasteiger partial charge in [0.25, 0.3) is 0 Å². The minimum atomic E-state index is 0.126. The maximum atomic E-state index is 5.96. The summed E-state index contributed by atoms with van der Waals surface area (Å²) in [7, 11) is 0. The largest absolute Gasteiger partial charge is 0.419 e. The molecule has 2 aromatic carbocycles. The van der Waals surface area contributed by atoms with E-state index in [0.29, 0.717) is 17.7 Å². The molecular weight excluding hydrogens is 368 g/mol. The van der Waals surface area contributed by atoms with Gasteiger partial charge in [0, 0.05) is 11.5 Å². The lowest BCUT2D eigenvalue weighted by molar-refractivity contribution is 0.143. The molecule has 0 spiro atoms. The van der Waals surface area contributed by atoms with Crippen LogP contribution < -0.4 is 0 Å². The predicted molar refractivity (Wildman–Crippen MR) is 111 cm³/mol. The fourth-order valence-corrected chi connectivity index (χ4v) is 4.99. The molecule has 0 amide bonds. The highest BCUT2D eigenvalue weighted by atomic mass is 32.1. The van der Waals surface area contributed by atoms with Crippen LogP contribution in [0.25, 0.3) is 21.7 Å². The van der Waals surface area contributed by atoms with Crippen molar-refractivity contribution in [3.05, 3.63) is 65.5 Å². The third-order valence-corrected chi connectivity index (χ3v) is 6.75. The maximum Gasteiger partial charge on any atom is 0.247 e. The molecule has 0 unspecified atom stereocenters. The van der Waals surface area contributed by atoms with Crippen LogP contribution in [0.15, 0.2) is 59.0 Å². The van der Waals surface area contributed by atoms with Crippen LogP contribution in [0.4, 0.5) is 0 Å². The molecule has 6 heteroatoms. The Hall–Kier alpha value is -2.57. The van der Waals surface area contributed by atoms with Gasteiger partial charge in [-0.05, 0) is 57.1 Å². The van der Waals surface area contributed by atoms with E-state index in [9.17, 15) is 0 Å². The van der Waals surface area contributed by atoms with Gasteiger partial charge < -0.3 is 4.42 Å². The van der Waals surface area contributed by atoms with Gasteiger partial charge in [-0.1, -0.05) is 30.3 Å². The lowest BCUT2D eigenvalue weighted by Crippen LogP contribution is -2.35. The van der Waals surface area contributed by atoms with E-state index in [4.69, 9.17) is 9.40 Å². The average Bonchev–Trinajstić information content (AvgIpc) is 3.41. The third-order valence-electron chi connectivity index (χ3n) is 5.56. The first-order valence-electron chi connectivity index (χ1n) is 9.76. The number of hydrogen-bond donors (Lipinski definition) is 0. The van der Waals surface area contributed by atoms with Crippen LogP contribution in [0.1, 0.15) is 42.6 Å². The molecule has 0 saturated carbocycles. The van der Waals surface area contributed by atoms with Gasteiger partial charge in [-0.2, -0.15) is 0 Å². The first kappa shape index (κ1) is 17.5. The van der Waals surface area contributed by atoms with Crippen molar-refractivity contribution in [2.45, 2.75) is 31.7 Å². The quantitative estimate of drug-likeness (QED) is 0.474. The standard InChI is InChI=1S/C22H22N4OS/c1-15(20-24-25-21(27-20)16-7-3-2-4-8-16)26-13-11-17(12-14-26)22-23-18-9-5-6-10-19(18)28-22/h2-10,15,17H,11-14H2,1H3/t15-/m1/s1. The van der Waals surface area contributed by atoms with Crippen LogP contribution in [0, 0.1) is 0 Å². The Bertz CT molecular complexity index is 1030. The van der Waals surface area contributed by atoms with E-state index in [1.165, 1.54) is 9.71 Å². The van der Waals surface area contributed by atoms with Crippen LogP contribution in [0.2, 0.25) is 0 Å². The van der Waals surface area contributed by atoms with Crippen LogP contribution >= 0.6 is 11.3 Å². The number of benzene rings is 2. The second-order valence-electron chi connectivity index (χ2n) is 7.32. The summed E-state index contributed by atoms with van der Waals surface area (Å²) in [4.78, 5) is 7.30. The highest BCUT2D eigenvalue weighted by Gasteiger charge is 2.28. The molecule has 5 nitrogen and oxygen atoms in total. The van der Waals surface area contributed by atoms with Crippen molar-refractivity contribution in [3.63, 3.8) is 0 Å². The van der Waals surface area contributed by atoms with Crippen molar-refractivity contribution in [1.82, 2.24) is 20.1 Å². The number of piperidine rings is 1. The molecule has 0 radical (unpaired) electrons. The Morgan fingerprint density at radius 1 is 1.00 bits per heavy atom. The van der Waals surface area contributed by atoms with Gasteiger partial charge in [0.05, 0.1) is 21.3 Å². The minimum absolute atomic E-state index is 0.126. The fourth-order valence-electron chi connectivity index (χ4n) is 3.86. The topological polar surface area (TPSA) is 55.1 Å². The first-order valence-corrected chi connectivity index (χ1v) is 10.6. The van der Waals surface area contributed by atoms with E-state index in [1.807, 2.05) is 41.7 Å². The summed E-state index contributed by atoms with van der Waals surface area (Å²) in [6.45, 7) is 4.19. The molecule has 5 rings (SSSR count). The molecule has 1 fully saturated rings. The lowest BCUT2D eigenvalue weighted by atomic mass is 9.96. The molecule has 142 valence electrons. The van der Waals surface area contributed by atoms with E-state index >= 15 is 0 Å². The normalized spacial score (nSPS) is 17.2. The van der Waals surface area contributed by atoms with E-state index in [1.54, 1.807) is 0 Å². The molecule has 1 atom stereocenters. The summed E-state index contributed by atoms with van der Waals surface area (Å²) in [6, 6.07) is 18.5. The molecule has 4 aromatic rings. The van der Waals surface area contributed by atoms with Crippen molar-refractivity contribution in [2.24, 2.45) is 0 Å². The smallest absolute Gasteiger partial charge is 0.247 e. The zero-order valence-corrected chi connectivity index (χ0v) is 16.6. The van der Waals surface area contributed by atoms with Gasteiger partial charge in [-0.3, -0.25) is 4.90 Å². The Morgan fingerprint density at radius 2 is 1.75 bits per heavy atom. The number of fused-ring (bicyclic) bond motifs is 1. The third kappa shape index (κ3) is 3.34. The average molecular weight is 391 g/mol. The first-order chi connectivity index (χ1) is 13.8. The molecule has 2 aromatic heterocycles. The molecule has 1 aliphatic heterocycles. The Labute approximate surface area is 168 Å². The maximum absolute atomic E-state index is 5.96. The number of hydrogen-bond acceptors (Lipinski definition) is 6. The van der Waals surface area contributed by atoms with Crippen molar-refractivity contribution >= 4 is 21.6 Å². The second kappa shape index (κ2) is 7.45. The monoisotopic (exact) mass is 390 g/mol. The van der Waals surface area contributed by atoms with Crippen LogP contribution in [-0.2, 0) is 0 Å². The highest BCUT2D eigenvalue weighted by Crippen LogP contribution is 2.36. The van der Waals surface area contributed by atoms with Gasteiger partial charge in [0.1, 0.15) is 0 Å². The van der Waals surface area contributed by atoms with Gasteiger partial charge in [-0.15, -0.1) is 21.5 Å². The summed E-state index contributed by atoms with van der Waals surface area (Å²) >= 11 is 1.84. The van der Waals surface area contributed by atoms with E-state index < -0.39 is 0 Å². The van der Waals surface area contributed by atoms with Crippen LogP contribution in [0.3, 0.4) is 0 Å². The lowest BCUT2D eigenvalue weighted by Gasteiger charge is -2.33. The SMILES string of the molecule is C[C@H](c1nnc(-c2ccccc2)o1)N1CCC(c2nc3ccccc3s2)CC1. The molecule has 28 heavy (non-hydrogen) atoms. The fraction of sp³-hybridized carbons (Fsp3) is 0.318. The van der Waals surface area contributed by atoms with Gasteiger partial charge in [0.15, 0.2) is 0 Å². The minimum Gasteiger partial charge on any atom is -0.419 e. The summed E-state index contributed by atoms with van der Waals surface area (Å²) in [5, 5.41) is 9.82. The zero-order valence-electron chi connectivity index (χ0n) is 15.8. The van der Waals surface area contributed by atoms with E-state index in [2.05, 4.69) is 46.3 Å². The molecule has 1 saturated heterocycles. The molecule has 0 aliphatic carbocycles. The van der Waals surface area contributed by atoms with Crippen LogP contribution in [0.5, 0.6) is 0 Å².